The summed E-state index contributed by atoms with van der Waals surface area (Å²) in [6.07, 6.45) is 3.59. The quantitative estimate of drug-likeness (QED) is 0.557. The standard InChI is InChI=1S/C20H33NO4/c1-8-13(4)9-14(5)18(22)15(6)10-16(7)19(23)21-17(12(2)3)11-25-20(21)24/h9-10,12-13,15,17-18,22H,8,11H2,1-7H3/b14-9+,16-10+/t13-,15+,17-,18-/m0/s1. The number of ether oxygens (including phenoxy) is 1. The molecule has 0 aromatic carbocycles. The molecule has 0 radical (unpaired) electrons. The number of carbonyl (C=O) groups excluding carboxylic acids is 2. The van der Waals surface area contributed by atoms with Crippen molar-refractivity contribution in [2.24, 2.45) is 17.8 Å². The molecule has 0 spiro atoms. The van der Waals surface area contributed by atoms with Gasteiger partial charge in [0.2, 0.25) is 0 Å². The predicted octanol–water partition coefficient (Wildman–Crippen LogP) is 3.93. The summed E-state index contributed by atoms with van der Waals surface area (Å²) in [6.45, 7) is 13.8. The Labute approximate surface area is 151 Å². The Morgan fingerprint density at radius 3 is 2.40 bits per heavy atom. The molecule has 4 atom stereocenters. The molecule has 1 fully saturated rings. The van der Waals surface area contributed by atoms with E-state index >= 15 is 0 Å². The highest BCUT2D eigenvalue weighted by Gasteiger charge is 2.40. The first kappa shape index (κ1) is 21.4. The second-order valence-electron chi connectivity index (χ2n) is 7.51. The highest BCUT2D eigenvalue weighted by atomic mass is 16.6. The molecule has 0 saturated carbocycles. The zero-order valence-corrected chi connectivity index (χ0v) is 16.6. The highest BCUT2D eigenvalue weighted by Crippen LogP contribution is 2.23. The average Bonchev–Trinajstić information content (AvgIpc) is 2.94. The summed E-state index contributed by atoms with van der Waals surface area (Å²) in [5.74, 6) is -0.0316. The van der Waals surface area contributed by atoms with E-state index in [0.717, 1.165) is 12.0 Å². The van der Waals surface area contributed by atoms with Gasteiger partial charge in [-0.05, 0) is 31.3 Å². The predicted molar refractivity (Wildman–Crippen MR) is 99.0 cm³/mol. The third-order valence-corrected chi connectivity index (χ3v) is 4.90. The van der Waals surface area contributed by atoms with E-state index in [-0.39, 0.29) is 30.4 Å². The second-order valence-corrected chi connectivity index (χ2v) is 7.51. The number of hydrogen-bond donors (Lipinski definition) is 1. The molecule has 1 aliphatic heterocycles. The minimum Gasteiger partial charge on any atom is -0.447 e. The maximum atomic E-state index is 12.7. The lowest BCUT2D eigenvalue weighted by atomic mass is 9.93. The smallest absolute Gasteiger partial charge is 0.417 e. The monoisotopic (exact) mass is 351 g/mol. The van der Waals surface area contributed by atoms with Crippen molar-refractivity contribution >= 4 is 12.0 Å². The lowest BCUT2D eigenvalue weighted by Crippen LogP contribution is -2.42. The summed E-state index contributed by atoms with van der Waals surface area (Å²) in [5, 5.41) is 10.5. The maximum Gasteiger partial charge on any atom is 0.417 e. The summed E-state index contributed by atoms with van der Waals surface area (Å²) < 4.78 is 5.04. The number of allylic oxidation sites excluding steroid dienone is 1. The average molecular weight is 351 g/mol. The second kappa shape index (κ2) is 9.18. The van der Waals surface area contributed by atoms with E-state index in [2.05, 4.69) is 19.9 Å². The molecule has 142 valence electrons. The van der Waals surface area contributed by atoms with Crippen molar-refractivity contribution in [1.82, 2.24) is 4.90 Å². The summed E-state index contributed by atoms with van der Waals surface area (Å²) >= 11 is 0. The number of nitrogens with zero attached hydrogens (tertiary/aromatic N) is 1. The molecule has 1 saturated heterocycles. The number of aliphatic hydroxyl groups is 1. The number of aliphatic hydroxyl groups excluding tert-OH is 1. The topological polar surface area (TPSA) is 66.8 Å². The van der Waals surface area contributed by atoms with E-state index in [1.807, 2.05) is 27.7 Å². The molecule has 25 heavy (non-hydrogen) atoms. The van der Waals surface area contributed by atoms with E-state index < -0.39 is 12.2 Å². The summed E-state index contributed by atoms with van der Waals surface area (Å²) in [5.41, 5.74) is 1.35. The molecule has 1 N–H and O–H groups in total. The van der Waals surface area contributed by atoms with Gasteiger partial charge in [-0.25, -0.2) is 9.69 Å². The highest BCUT2D eigenvalue weighted by molar-refractivity contribution is 6.03. The van der Waals surface area contributed by atoms with Crippen LogP contribution in [0.3, 0.4) is 0 Å². The van der Waals surface area contributed by atoms with Gasteiger partial charge in [0.25, 0.3) is 5.91 Å². The first-order valence-corrected chi connectivity index (χ1v) is 9.15. The number of amides is 2. The number of carbonyl (C=O) groups is 2. The van der Waals surface area contributed by atoms with Gasteiger partial charge in [0.1, 0.15) is 6.61 Å². The number of rotatable bonds is 7. The van der Waals surface area contributed by atoms with Crippen LogP contribution in [0.5, 0.6) is 0 Å². The molecule has 0 unspecified atom stereocenters. The molecular weight excluding hydrogens is 318 g/mol. The number of cyclic esters (lactones) is 1. The largest absolute Gasteiger partial charge is 0.447 e. The lowest BCUT2D eigenvalue weighted by molar-refractivity contribution is -0.125. The van der Waals surface area contributed by atoms with Crippen molar-refractivity contribution in [3.63, 3.8) is 0 Å². The Bertz CT molecular complexity index is 550. The Balaban J connectivity index is 2.90. The Morgan fingerprint density at radius 1 is 1.28 bits per heavy atom. The van der Waals surface area contributed by atoms with E-state index in [4.69, 9.17) is 4.74 Å². The number of imide groups is 1. The van der Waals surface area contributed by atoms with Gasteiger partial charge in [0.05, 0.1) is 12.1 Å². The fraction of sp³-hybridized carbons (Fsp3) is 0.700. The van der Waals surface area contributed by atoms with Gasteiger partial charge in [-0.3, -0.25) is 4.79 Å². The van der Waals surface area contributed by atoms with Crippen molar-refractivity contribution in [1.29, 1.82) is 0 Å². The van der Waals surface area contributed by atoms with Gasteiger partial charge in [-0.2, -0.15) is 0 Å². The number of hydrogen-bond acceptors (Lipinski definition) is 4. The first-order chi connectivity index (χ1) is 11.6. The van der Waals surface area contributed by atoms with E-state index in [1.54, 1.807) is 13.0 Å². The van der Waals surface area contributed by atoms with Gasteiger partial charge in [0, 0.05) is 11.5 Å². The minimum atomic E-state index is -0.650. The minimum absolute atomic E-state index is 0.131. The maximum absolute atomic E-state index is 12.7. The zero-order chi connectivity index (χ0) is 19.3. The van der Waals surface area contributed by atoms with Crippen molar-refractivity contribution < 1.29 is 19.4 Å². The molecule has 0 bridgehead atoms. The molecule has 0 aromatic heterocycles. The molecular formula is C20H33NO4. The third-order valence-electron chi connectivity index (χ3n) is 4.90. The molecule has 5 nitrogen and oxygen atoms in total. The first-order valence-electron chi connectivity index (χ1n) is 9.15. The van der Waals surface area contributed by atoms with Crippen LogP contribution in [-0.2, 0) is 9.53 Å². The van der Waals surface area contributed by atoms with Crippen molar-refractivity contribution in [2.75, 3.05) is 6.61 Å². The molecule has 2 amide bonds. The van der Waals surface area contributed by atoms with Crippen LogP contribution in [0.1, 0.15) is 54.9 Å². The fourth-order valence-electron chi connectivity index (χ4n) is 2.99. The molecule has 0 aromatic rings. The van der Waals surface area contributed by atoms with Gasteiger partial charge in [-0.1, -0.05) is 53.2 Å². The van der Waals surface area contributed by atoms with E-state index in [1.165, 1.54) is 4.90 Å². The summed E-state index contributed by atoms with van der Waals surface area (Å²) in [4.78, 5) is 25.8. The third kappa shape index (κ3) is 5.43. The summed E-state index contributed by atoms with van der Waals surface area (Å²) in [6, 6.07) is -0.240. The molecule has 1 rings (SSSR count). The van der Waals surface area contributed by atoms with Crippen molar-refractivity contribution in [3.05, 3.63) is 23.3 Å². The van der Waals surface area contributed by atoms with Crippen LogP contribution in [0.15, 0.2) is 23.3 Å². The van der Waals surface area contributed by atoms with Crippen LogP contribution in [0.2, 0.25) is 0 Å². The van der Waals surface area contributed by atoms with Crippen LogP contribution in [0.25, 0.3) is 0 Å². The lowest BCUT2D eigenvalue weighted by Gasteiger charge is -2.24. The Morgan fingerprint density at radius 2 is 1.88 bits per heavy atom. The van der Waals surface area contributed by atoms with Crippen LogP contribution >= 0.6 is 0 Å². The van der Waals surface area contributed by atoms with Crippen LogP contribution in [0, 0.1) is 17.8 Å². The van der Waals surface area contributed by atoms with Crippen LogP contribution in [-0.4, -0.2) is 40.8 Å². The molecule has 1 aliphatic rings. The van der Waals surface area contributed by atoms with Crippen LogP contribution < -0.4 is 0 Å². The Kier molecular flexibility index (Phi) is 7.87. The van der Waals surface area contributed by atoms with Gasteiger partial charge in [0.15, 0.2) is 0 Å². The van der Waals surface area contributed by atoms with Crippen molar-refractivity contribution in [3.8, 4) is 0 Å². The van der Waals surface area contributed by atoms with Crippen LogP contribution in [0.4, 0.5) is 4.79 Å². The summed E-state index contributed by atoms with van der Waals surface area (Å²) in [7, 11) is 0. The Hall–Kier alpha value is -1.62. The van der Waals surface area contributed by atoms with Gasteiger partial charge < -0.3 is 9.84 Å². The van der Waals surface area contributed by atoms with E-state index in [9.17, 15) is 14.7 Å². The van der Waals surface area contributed by atoms with Crippen molar-refractivity contribution in [2.45, 2.75) is 67.0 Å². The fourth-order valence-corrected chi connectivity index (χ4v) is 2.99. The zero-order valence-electron chi connectivity index (χ0n) is 16.6. The normalized spacial score (nSPS) is 22.8. The molecule has 5 heteroatoms. The van der Waals surface area contributed by atoms with Gasteiger partial charge >= 0.3 is 6.09 Å². The van der Waals surface area contributed by atoms with Gasteiger partial charge in [-0.15, -0.1) is 0 Å². The molecule has 1 heterocycles. The van der Waals surface area contributed by atoms with E-state index in [0.29, 0.717) is 11.5 Å². The molecule has 0 aliphatic carbocycles. The SMILES string of the molecule is CC[C@H](C)/C=C(\C)[C@H](O)[C@H](C)/C=C(\C)C(=O)N1C(=O)OC[C@H]1C(C)C.